The van der Waals surface area contributed by atoms with Gasteiger partial charge in [-0.25, -0.2) is 0 Å². The van der Waals surface area contributed by atoms with Crippen LogP contribution in [0.2, 0.25) is 0 Å². The molecule has 0 aliphatic carbocycles. The Balaban J connectivity index is 1.43. The molecule has 4 rings (SSSR count). The lowest BCUT2D eigenvalue weighted by Crippen LogP contribution is -2.46. The van der Waals surface area contributed by atoms with Crippen molar-refractivity contribution in [1.29, 1.82) is 0 Å². The number of amides is 2. The van der Waals surface area contributed by atoms with E-state index in [1.807, 2.05) is 61.5 Å². The van der Waals surface area contributed by atoms with Crippen LogP contribution in [0.25, 0.3) is 0 Å². The third-order valence-corrected chi connectivity index (χ3v) is 5.38. The highest BCUT2D eigenvalue weighted by atomic mass is 16.5. The zero-order valence-corrected chi connectivity index (χ0v) is 19.3. The molecule has 7 heteroatoms. The van der Waals surface area contributed by atoms with Crippen LogP contribution in [0, 0.1) is 0 Å². The number of carbonyl (C=O) groups is 2. The minimum Gasteiger partial charge on any atom is -0.494 e. The second-order valence-corrected chi connectivity index (χ2v) is 7.90. The van der Waals surface area contributed by atoms with Gasteiger partial charge in [-0.1, -0.05) is 30.3 Å². The SMILES string of the molecule is CCOc1ccc(CC(=O)Nc2ccc3c(c2)N(CCOc2ccccc2)C(=O)C(C)O3)cc1. The summed E-state index contributed by atoms with van der Waals surface area (Å²) in [5, 5.41) is 2.91. The summed E-state index contributed by atoms with van der Waals surface area (Å²) >= 11 is 0. The van der Waals surface area contributed by atoms with Gasteiger partial charge in [0.2, 0.25) is 5.91 Å². The highest BCUT2D eigenvalue weighted by Gasteiger charge is 2.31. The van der Waals surface area contributed by atoms with E-state index in [-0.39, 0.29) is 18.2 Å². The van der Waals surface area contributed by atoms with E-state index in [0.29, 0.717) is 36.9 Å². The van der Waals surface area contributed by atoms with E-state index in [4.69, 9.17) is 14.2 Å². The molecular weight excluding hydrogens is 432 g/mol. The number of rotatable bonds is 9. The molecule has 1 unspecified atom stereocenters. The molecule has 0 saturated heterocycles. The maximum atomic E-state index is 12.8. The average molecular weight is 461 g/mol. The van der Waals surface area contributed by atoms with Crippen molar-refractivity contribution in [3.63, 3.8) is 0 Å². The molecule has 0 spiro atoms. The molecule has 1 N–H and O–H groups in total. The van der Waals surface area contributed by atoms with Crippen molar-refractivity contribution in [1.82, 2.24) is 0 Å². The molecule has 0 fully saturated rings. The first-order valence-corrected chi connectivity index (χ1v) is 11.3. The van der Waals surface area contributed by atoms with Crippen LogP contribution in [0.3, 0.4) is 0 Å². The van der Waals surface area contributed by atoms with Gasteiger partial charge in [0.1, 0.15) is 23.9 Å². The molecule has 1 aliphatic rings. The molecule has 3 aromatic carbocycles. The van der Waals surface area contributed by atoms with Crippen LogP contribution in [0.5, 0.6) is 17.2 Å². The number of carbonyl (C=O) groups excluding carboxylic acids is 2. The van der Waals surface area contributed by atoms with E-state index < -0.39 is 6.10 Å². The van der Waals surface area contributed by atoms with Crippen LogP contribution in [-0.4, -0.2) is 37.7 Å². The van der Waals surface area contributed by atoms with Gasteiger partial charge in [0.15, 0.2) is 6.10 Å². The van der Waals surface area contributed by atoms with Crippen molar-refractivity contribution >= 4 is 23.2 Å². The zero-order chi connectivity index (χ0) is 23.9. The molecule has 0 bridgehead atoms. The summed E-state index contributed by atoms with van der Waals surface area (Å²) < 4.78 is 17.0. The normalized spacial score (nSPS) is 14.7. The van der Waals surface area contributed by atoms with Crippen molar-refractivity contribution in [3.8, 4) is 17.2 Å². The quantitative estimate of drug-likeness (QED) is 0.510. The topological polar surface area (TPSA) is 77.1 Å². The van der Waals surface area contributed by atoms with Crippen LogP contribution < -0.4 is 24.4 Å². The van der Waals surface area contributed by atoms with Crippen LogP contribution >= 0.6 is 0 Å². The summed E-state index contributed by atoms with van der Waals surface area (Å²) in [6, 6.07) is 22.2. The lowest BCUT2D eigenvalue weighted by atomic mass is 10.1. The van der Waals surface area contributed by atoms with Gasteiger partial charge in [-0.05, 0) is 61.9 Å². The molecule has 1 aliphatic heterocycles. The number of fused-ring (bicyclic) bond motifs is 1. The fourth-order valence-electron chi connectivity index (χ4n) is 3.75. The van der Waals surface area contributed by atoms with E-state index in [0.717, 1.165) is 17.1 Å². The number of hydrogen-bond donors (Lipinski definition) is 1. The summed E-state index contributed by atoms with van der Waals surface area (Å²) in [4.78, 5) is 27.1. The first-order valence-electron chi connectivity index (χ1n) is 11.3. The van der Waals surface area contributed by atoms with E-state index in [1.54, 1.807) is 30.0 Å². The fourth-order valence-corrected chi connectivity index (χ4v) is 3.75. The van der Waals surface area contributed by atoms with Gasteiger partial charge in [0, 0.05) is 5.69 Å². The molecule has 0 saturated carbocycles. The largest absolute Gasteiger partial charge is 0.494 e. The van der Waals surface area contributed by atoms with Gasteiger partial charge in [0.05, 0.1) is 25.3 Å². The predicted molar refractivity (Wildman–Crippen MR) is 131 cm³/mol. The third-order valence-electron chi connectivity index (χ3n) is 5.38. The molecule has 2 amide bonds. The van der Waals surface area contributed by atoms with Gasteiger partial charge in [0.25, 0.3) is 5.91 Å². The molecule has 3 aromatic rings. The number of para-hydroxylation sites is 1. The summed E-state index contributed by atoms with van der Waals surface area (Å²) in [7, 11) is 0. The lowest BCUT2D eigenvalue weighted by Gasteiger charge is -2.33. The van der Waals surface area contributed by atoms with Gasteiger partial charge in [-0.15, -0.1) is 0 Å². The molecule has 0 radical (unpaired) electrons. The first kappa shape index (κ1) is 23.2. The summed E-state index contributed by atoms with van der Waals surface area (Å²) in [5.41, 5.74) is 2.08. The molecule has 34 heavy (non-hydrogen) atoms. The highest BCUT2D eigenvalue weighted by Crippen LogP contribution is 2.36. The summed E-state index contributed by atoms with van der Waals surface area (Å²) in [5.74, 6) is 1.81. The zero-order valence-electron chi connectivity index (χ0n) is 19.3. The average Bonchev–Trinajstić information content (AvgIpc) is 2.84. The Kier molecular flexibility index (Phi) is 7.32. The number of benzene rings is 3. The minimum absolute atomic E-state index is 0.151. The van der Waals surface area contributed by atoms with Crippen LogP contribution in [0.4, 0.5) is 11.4 Å². The van der Waals surface area contributed by atoms with Gasteiger partial charge in [-0.2, -0.15) is 0 Å². The van der Waals surface area contributed by atoms with Gasteiger partial charge < -0.3 is 24.4 Å². The van der Waals surface area contributed by atoms with Crippen molar-refractivity contribution < 1.29 is 23.8 Å². The Labute approximate surface area is 199 Å². The van der Waals surface area contributed by atoms with E-state index in [9.17, 15) is 9.59 Å². The number of hydrogen-bond acceptors (Lipinski definition) is 5. The number of nitrogens with one attached hydrogen (secondary N) is 1. The minimum atomic E-state index is -0.593. The van der Waals surface area contributed by atoms with E-state index in [2.05, 4.69) is 5.32 Å². The van der Waals surface area contributed by atoms with Gasteiger partial charge in [-0.3, -0.25) is 9.59 Å². The van der Waals surface area contributed by atoms with Crippen molar-refractivity contribution in [2.75, 3.05) is 30.0 Å². The smallest absolute Gasteiger partial charge is 0.267 e. The molecule has 176 valence electrons. The summed E-state index contributed by atoms with van der Waals surface area (Å²) in [6.07, 6.45) is -0.366. The molecule has 1 atom stereocenters. The highest BCUT2D eigenvalue weighted by molar-refractivity contribution is 6.01. The summed E-state index contributed by atoms with van der Waals surface area (Å²) in [6.45, 7) is 4.94. The number of anilines is 2. The maximum Gasteiger partial charge on any atom is 0.267 e. The molecular formula is C27H28N2O5. The monoisotopic (exact) mass is 460 g/mol. The Hall–Kier alpha value is -4.00. The van der Waals surface area contributed by atoms with E-state index in [1.165, 1.54) is 0 Å². The van der Waals surface area contributed by atoms with Crippen LogP contribution in [0.15, 0.2) is 72.8 Å². The van der Waals surface area contributed by atoms with Crippen molar-refractivity contribution in [2.24, 2.45) is 0 Å². The lowest BCUT2D eigenvalue weighted by molar-refractivity contribution is -0.125. The molecule has 0 aromatic heterocycles. The number of nitrogens with zero attached hydrogens (tertiary/aromatic N) is 1. The first-order chi connectivity index (χ1) is 16.5. The molecule has 7 nitrogen and oxygen atoms in total. The van der Waals surface area contributed by atoms with Crippen molar-refractivity contribution in [2.45, 2.75) is 26.4 Å². The van der Waals surface area contributed by atoms with Crippen molar-refractivity contribution in [3.05, 3.63) is 78.4 Å². The van der Waals surface area contributed by atoms with E-state index >= 15 is 0 Å². The second kappa shape index (κ2) is 10.7. The predicted octanol–water partition coefficient (Wildman–Crippen LogP) is 4.46. The third kappa shape index (κ3) is 5.67. The fraction of sp³-hybridized carbons (Fsp3) is 0.259. The maximum absolute atomic E-state index is 12.8. The Morgan fingerprint density at radius 3 is 2.47 bits per heavy atom. The standard InChI is InChI=1S/C27H28N2O5/c1-3-32-23-12-9-20(10-13-23)17-26(30)28-21-11-14-25-24(18-21)29(27(31)19(2)34-25)15-16-33-22-7-5-4-6-8-22/h4-14,18-19H,3,15-17H2,1-2H3,(H,28,30). The molecule has 1 heterocycles. The Bertz CT molecular complexity index is 1130. The van der Waals surface area contributed by atoms with Crippen LogP contribution in [0.1, 0.15) is 19.4 Å². The van der Waals surface area contributed by atoms with Crippen LogP contribution in [-0.2, 0) is 16.0 Å². The Morgan fingerprint density at radius 1 is 1.00 bits per heavy atom. The van der Waals surface area contributed by atoms with Gasteiger partial charge >= 0.3 is 0 Å². The Morgan fingerprint density at radius 2 is 1.74 bits per heavy atom. The number of ether oxygens (including phenoxy) is 3. The second-order valence-electron chi connectivity index (χ2n) is 7.90.